The van der Waals surface area contributed by atoms with Gasteiger partial charge in [0.1, 0.15) is 5.60 Å². The fourth-order valence-electron chi connectivity index (χ4n) is 1.52. The maximum absolute atomic E-state index is 11.6. The second-order valence-corrected chi connectivity index (χ2v) is 5.69. The molecular formula is C14H20ClN3O2. The maximum Gasteiger partial charge on any atom is 0.428 e. The lowest BCUT2D eigenvalue weighted by molar-refractivity contribution is 0.0529. The lowest BCUT2D eigenvalue weighted by Crippen LogP contribution is -2.30. The smallest absolute Gasteiger partial charge is 0.428 e. The zero-order valence-electron chi connectivity index (χ0n) is 12.2. The summed E-state index contributed by atoms with van der Waals surface area (Å²) in [6.45, 7) is 7.26. The summed E-state index contributed by atoms with van der Waals surface area (Å²) < 4.78 is 5.11. The predicted octanol–water partition coefficient (Wildman–Crippen LogP) is 3.56. The van der Waals surface area contributed by atoms with Crippen LogP contribution in [0.2, 0.25) is 5.02 Å². The Morgan fingerprint density at radius 3 is 2.65 bits per heavy atom. The van der Waals surface area contributed by atoms with Gasteiger partial charge in [0.25, 0.3) is 0 Å². The van der Waals surface area contributed by atoms with Crippen molar-refractivity contribution in [2.75, 3.05) is 5.73 Å². The number of nitrogens with one attached hydrogen (secondary N) is 1. The van der Waals surface area contributed by atoms with Gasteiger partial charge < -0.3 is 10.5 Å². The van der Waals surface area contributed by atoms with Crippen LogP contribution in [0.15, 0.2) is 23.3 Å². The first-order chi connectivity index (χ1) is 9.23. The minimum atomic E-state index is -0.607. The first kappa shape index (κ1) is 16.3. The largest absolute Gasteiger partial charge is 0.443 e. The molecule has 0 heterocycles. The number of benzene rings is 1. The Morgan fingerprint density at radius 1 is 1.45 bits per heavy atom. The molecule has 1 rings (SSSR count). The van der Waals surface area contributed by atoms with E-state index in [9.17, 15) is 4.79 Å². The molecule has 0 aromatic heterocycles. The third-order valence-corrected chi connectivity index (χ3v) is 2.58. The van der Waals surface area contributed by atoms with Crippen LogP contribution in [0.25, 0.3) is 0 Å². The van der Waals surface area contributed by atoms with Gasteiger partial charge in [-0.25, -0.2) is 10.2 Å². The molecule has 6 heteroatoms. The molecule has 1 amide bonds. The summed E-state index contributed by atoms with van der Waals surface area (Å²) in [4.78, 5) is 11.6. The van der Waals surface area contributed by atoms with Crippen molar-refractivity contribution in [2.24, 2.45) is 5.10 Å². The average Bonchev–Trinajstić information content (AvgIpc) is 2.32. The number of hydrogen-bond donors (Lipinski definition) is 2. The lowest BCUT2D eigenvalue weighted by Gasteiger charge is -2.18. The summed E-state index contributed by atoms with van der Waals surface area (Å²) in [5.74, 6) is 0. The number of nitrogen functional groups attached to an aromatic ring is 1. The Hall–Kier alpha value is -1.75. The van der Waals surface area contributed by atoms with Crippen LogP contribution in [-0.4, -0.2) is 17.4 Å². The molecule has 5 nitrogen and oxygen atoms in total. The van der Waals surface area contributed by atoms with E-state index in [1.807, 2.05) is 6.92 Å². The highest BCUT2D eigenvalue weighted by Gasteiger charge is 2.16. The highest BCUT2D eigenvalue weighted by molar-refractivity contribution is 6.31. The number of nitrogens with zero attached hydrogens (tertiary/aromatic N) is 1. The molecule has 110 valence electrons. The van der Waals surface area contributed by atoms with Crippen molar-refractivity contribution in [3.8, 4) is 0 Å². The van der Waals surface area contributed by atoms with E-state index in [4.69, 9.17) is 22.1 Å². The van der Waals surface area contributed by atoms with Gasteiger partial charge in [-0.2, -0.15) is 5.10 Å². The summed E-state index contributed by atoms with van der Waals surface area (Å²) >= 11 is 5.95. The third-order valence-electron chi connectivity index (χ3n) is 2.34. The molecule has 0 atom stereocenters. The summed E-state index contributed by atoms with van der Waals surface area (Å²) in [5, 5.41) is 4.61. The van der Waals surface area contributed by atoms with Gasteiger partial charge in [0, 0.05) is 16.3 Å². The van der Waals surface area contributed by atoms with E-state index in [0.29, 0.717) is 28.4 Å². The normalized spacial score (nSPS) is 12.2. The molecule has 0 unspecified atom stereocenters. The van der Waals surface area contributed by atoms with Gasteiger partial charge in [0.15, 0.2) is 0 Å². The number of halogens is 1. The number of ether oxygens (including phenoxy) is 1. The van der Waals surface area contributed by atoms with Crippen molar-refractivity contribution in [1.82, 2.24) is 5.43 Å². The van der Waals surface area contributed by atoms with Crippen LogP contribution < -0.4 is 11.2 Å². The van der Waals surface area contributed by atoms with E-state index in [0.717, 1.165) is 0 Å². The molecule has 0 saturated carbocycles. The lowest BCUT2D eigenvalue weighted by atomic mass is 10.1. The summed E-state index contributed by atoms with van der Waals surface area (Å²) in [5.41, 5.74) is 9.58. The Kier molecular flexibility index (Phi) is 5.39. The first-order valence-corrected chi connectivity index (χ1v) is 6.71. The van der Waals surface area contributed by atoms with Crippen LogP contribution in [-0.2, 0) is 4.74 Å². The van der Waals surface area contributed by atoms with Crippen LogP contribution in [0.3, 0.4) is 0 Å². The molecule has 1 aromatic carbocycles. The number of carbonyl (C=O) groups is 1. The second kappa shape index (κ2) is 6.61. The topological polar surface area (TPSA) is 76.7 Å². The highest BCUT2D eigenvalue weighted by atomic mass is 35.5. The molecule has 0 aliphatic carbocycles. The number of amides is 1. The molecular weight excluding hydrogens is 278 g/mol. The molecule has 0 aliphatic rings. The van der Waals surface area contributed by atoms with Crippen molar-refractivity contribution >= 4 is 29.1 Å². The van der Waals surface area contributed by atoms with Crippen molar-refractivity contribution in [1.29, 1.82) is 0 Å². The van der Waals surface area contributed by atoms with Gasteiger partial charge in [-0.1, -0.05) is 18.5 Å². The van der Waals surface area contributed by atoms with E-state index in [-0.39, 0.29) is 0 Å². The van der Waals surface area contributed by atoms with Crippen molar-refractivity contribution < 1.29 is 9.53 Å². The SMILES string of the molecule is CC/C(=N\NC(=O)OC(C)(C)C)c1cc(Cl)ccc1N. The first-order valence-electron chi connectivity index (χ1n) is 6.34. The highest BCUT2D eigenvalue weighted by Crippen LogP contribution is 2.19. The van der Waals surface area contributed by atoms with Gasteiger partial charge in [-0.05, 0) is 45.4 Å². The Balaban J connectivity index is 2.88. The zero-order valence-corrected chi connectivity index (χ0v) is 12.9. The number of nitrogens with two attached hydrogens (primary N) is 1. The molecule has 3 N–H and O–H groups in total. The molecule has 0 fully saturated rings. The van der Waals surface area contributed by atoms with Gasteiger partial charge in [-0.3, -0.25) is 0 Å². The standard InChI is InChI=1S/C14H20ClN3O2/c1-5-12(10-8-9(15)6-7-11(10)16)17-18-13(19)20-14(2,3)4/h6-8H,5,16H2,1-4H3,(H,18,19)/b17-12+. The third kappa shape index (κ3) is 5.09. The van der Waals surface area contributed by atoms with E-state index in [1.165, 1.54) is 0 Å². The van der Waals surface area contributed by atoms with Gasteiger partial charge in [0.2, 0.25) is 0 Å². The summed E-state index contributed by atoms with van der Waals surface area (Å²) in [6.07, 6.45) is -0.00980. The van der Waals surface area contributed by atoms with Gasteiger partial charge >= 0.3 is 6.09 Å². The molecule has 0 radical (unpaired) electrons. The van der Waals surface area contributed by atoms with E-state index in [2.05, 4.69) is 10.5 Å². The van der Waals surface area contributed by atoms with Crippen molar-refractivity contribution in [2.45, 2.75) is 39.7 Å². The van der Waals surface area contributed by atoms with Crippen LogP contribution in [0, 0.1) is 0 Å². The molecule has 0 saturated heterocycles. The number of rotatable bonds is 3. The molecule has 0 aliphatic heterocycles. The molecule has 20 heavy (non-hydrogen) atoms. The number of anilines is 1. The Labute approximate surface area is 124 Å². The van der Waals surface area contributed by atoms with E-state index >= 15 is 0 Å². The zero-order chi connectivity index (χ0) is 15.3. The average molecular weight is 298 g/mol. The minimum absolute atomic E-state index is 0.556. The second-order valence-electron chi connectivity index (χ2n) is 5.26. The van der Waals surface area contributed by atoms with Crippen LogP contribution in [0.4, 0.5) is 10.5 Å². The van der Waals surface area contributed by atoms with Gasteiger partial charge in [0.05, 0.1) is 5.71 Å². The fourth-order valence-corrected chi connectivity index (χ4v) is 1.69. The predicted molar refractivity (Wildman–Crippen MR) is 82.1 cm³/mol. The summed E-state index contributed by atoms with van der Waals surface area (Å²) in [6, 6.07) is 5.13. The fraction of sp³-hybridized carbons (Fsp3) is 0.429. The molecule has 0 bridgehead atoms. The van der Waals surface area contributed by atoms with Crippen molar-refractivity contribution in [3.63, 3.8) is 0 Å². The monoisotopic (exact) mass is 297 g/mol. The maximum atomic E-state index is 11.6. The minimum Gasteiger partial charge on any atom is -0.443 e. The quantitative estimate of drug-likeness (QED) is 0.509. The van der Waals surface area contributed by atoms with Crippen LogP contribution >= 0.6 is 11.6 Å². The summed E-state index contributed by atoms with van der Waals surface area (Å²) in [7, 11) is 0. The molecule has 0 spiro atoms. The Bertz CT molecular complexity index is 522. The van der Waals surface area contributed by atoms with E-state index in [1.54, 1.807) is 39.0 Å². The number of carbonyl (C=O) groups excluding carboxylic acids is 1. The van der Waals surface area contributed by atoms with Crippen molar-refractivity contribution in [3.05, 3.63) is 28.8 Å². The van der Waals surface area contributed by atoms with Crippen LogP contribution in [0.5, 0.6) is 0 Å². The van der Waals surface area contributed by atoms with E-state index < -0.39 is 11.7 Å². The number of hydrazone groups is 1. The van der Waals surface area contributed by atoms with Gasteiger partial charge in [-0.15, -0.1) is 0 Å². The Morgan fingerprint density at radius 2 is 2.10 bits per heavy atom. The number of hydrogen-bond acceptors (Lipinski definition) is 4. The molecule has 1 aromatic rings. The van der Waals surface area contributed by atoms with Crippen LogP contribution in [0.1, 0.15) is 39.7 Å².